The Kier molecular flexibility index (Phi) is 3.43. The minimum atomic E-state index is 0.0847. The molecule has 0 bridgehead atoms. The quantitative estimate of drug-likeness (QED) is 0.890. The molecule has 1 aliphatic heterocycles. The van der Waals surface area contributed by atoms with Gasteiger partial charge in [-0.3, -0.25) is 4.79 Å². The summed E-state index contributed by atoms with van der Waals surface area (Å²) in [5.41, 5.74) is 4.86. The van der Waals surface area contributed by atoms with Crippen molar-refractivity contribution in [1.82, 2.24) is 15.5 Å². The SMILES string of the molecule is CNCc1ccc(-c2ccc3c(c2)CCC(=O)N3)nn1. The normalized spacial score (nSPS) is 13.8. The summed E-state index contributed by atoms with van der Waals surface area (Å²) in [6.45, 7) is 0.712. The number of rotatable bonds is 3. The van der Waals surface area contributed by atoms with Gasteiger partial charge in [-0.25, -0.2) is 0 Å². The summed E-state index contributed by atoms with van der Waals surface area (Å²) in [5.74, 6) is 0.0847. The Morgan fingerprint density at radius 3 is 2.85 bits per heavy atom. The summed E-state index contributed by atoms with van der Waals surface area (Å²) in [6.07, 6.45) is 1.32. The molecule has 0 saturated heterocycles. The van der Waals surface area contributed by atoms with Crippen molar-refractivity contribution in [2.45, 2.75) is 19.4 Å². The number of amides is 1. The van der Waals surface area contributed by atoms with Crippen LogP contribution < -0.4 is 10.6 Å². The van der Waals surface area contributed by atoms with E-state index in [4.69, 9.17) is 0 Å². The Bertz CT molecular complexity index is 637. The lowest BCUT2D eigenvalue weighted by Gasteiger charge is -2.17. The van der Waals surface area contributed by atoms with Crippen molar-refractivity contribution in [2.75, 3.05) is 12.4 Å². The smallest absolute Gasteiger partial charge is 0.224 e. The number of carbonyl (C=O) groups is 1. The molecule has 0 radical (unpaired) electrons. The van der Waals surface area contributed by atoms with Gasteiger partial charge in [0.15, 0.2) is 0 Å². The summed E-state index contributed by atoms with van der Waals surface area (Å²) in [5, 5.41) is 14.4. The van der Waals surface area contributed by atoms with E-state index >= 15 is 0 Å². The number of aromatic nitrogens is 2. The highest BCUT2D eigenvalue weighted by molar-refractivity contribution is 5.94. The number of hydrogen-bond donors (Lipinski definition) is 2. The molecule has 0 spiro atoms. The van der Waals surface area contributed by atoms with Gasteiger partial charge in [-0.2, -0.15) is 10.2 Å². The predicted octanol–water partition coefficient (Wildman–Crippen LogP) is 1.75. The molecular weight excluding hydrogens is 252 g/mol. The van der Waals surface area contributed by atoms with Gasteiger partial charge in [0.1, 0.15) is 0 Å². The minimum Gasteiger partial charge on any atom is -0.326 e. The fourth-order valence-corrected chi connectivity index (χ4v) is 2.33. The second-order valence-corrected chi connectivity index (χ2v) is 4.86. The molecule has 1 aromatic carbocycles. The van der Waals surface area contributed by atoms with Crippen molar-refractivity contribution in [3.05, 3.63) is 41.6 Å². The number of anilines is 1. The Balaban J connectivity index is 1.89. The van der Waals surface area contributed by atoms with Gasteiger partial charge in [0.25, 0.3) is 0 Å². The number of hydrogen-bond acceptors (Lipinski definition) is 4. The maximum atomic E-state index is 11.3. The summed E-state index contributed by atoms with van der Waals surface area (Å²) in [6, 6.07) is 9.93. The summed E-state index contributed by atoms with van der Waals surface area (Å²) in [4.78, 5) is 11.3. The first kappa shape index (κ1) is 12.7. The topological polar surface area (TPSA) is 66.9 Å². The fraction of sp³-hybridized carbons (Fsp3) is 0.267. The van der Waals surface area contributed by atoms with Crippen LogP contribution in [0.25, 0.3) is 11.3 Å². The van der Waals surface area contributed by atoms with Gasteiger partial charge in [-0.1, -0.05) is 6.07 Å². The zero-order valence-electron chi connectivity index (χ0n) is 11.3. The largest absolute Gasteiger partial charge is 0.326 e. The maximum Gasteiger partial charge on any atom is 0.224 e. The third kappa shape index (κ3) is 2.53. The molecule has 2 N–H and O–H groups in total. The van der Waals surface area contributed by atoms with E-state index in [0.717, 1.165) is 34.6 Å². The second kappa shape index (κ2) is 5.38. The van der Waals surface area contributed by atoms with Crippen LogP contribution >= 0.6 is 0 Å². The molecule has 5 heteroatoms. The summed E-state index contributed by atoms with van der Waals surface area (Å²) in [7, 11) is 1.88. The Hall–Kier alpha value is -2.27. The molecule has 1 aromatic heterocycles. The third-order valence-electron chi connectivity index (χ3n) is 3.37. The molecule has 0 atom stereocenters. The zero-order valence-corrected chi connectivity index (χ0v) is 11.3. The van der Waals surface area contributed by atoms with Crippen LogP contribution in [-0.4, -0.2) is 23.2 Å². The molecule has 0 saturated carbocycles. The first-order chi connectivity index (χ1) is 9.76. The van der Waals surface area contributed by atoms with E-state index in [2.05, 4.69) is 26.9 Å². The number of nitrogens with one attached hydrogen (secondary N) is 2. The molecule has 1 aliphatic rings. The summed E-state index contributed by atoms with van der Waals surface area (Å²) >= 11 is 0. The van der Waals surface area contributed by atoms with Crippen molar-refractivity contribution < 1.29 is 4.79 Å². The highest BCUT2D eigenvalue weighted by atomic mass is 16.1. The lowest BCUT2D eigenvalue weighted by atomic mass is 9.99. The van der Waals surface area contributed by atoms with E-state index in [0.29, 0.717) is 13.0 Å². The molecule has 0 aliphatic carbocycles. The number of fused-ring (bicyclic) bond motifs is 1. The van der Waals surface area contributed by atoms with Crippen LogP contribution in [0.1, 0.15) is 17.7 Å². The molecule has 0 unspecified atom stereocenters. The molecule has 2 heterocycles. The first-order valence-electron chi connectivity index (χ1n) is 6.66. The molecule has 0 fully saturated rings. The molecular formula is C15H16N4O. The lowest BCUT2D eigenvalue weighted by Crippen LogP contribution is -2.18. The van der Waals surface area contributed by atoms with Crippen LogP contribution in [0.15, 0.2) is 30.3 Å². The summed E-state index contributed by atoms with van der Waals surface area (Å²) < 4.78 is 0. The van der Waals surface area contributed by atoms with Gasteiger partial charge >= 0.3 is 0 Å². The van der Waals surface area contributed by atoms with Gasteiger partial charge in [0.2, 0.25) is 5.91 Å². The van der Waals surface area contributed by atoms with Gasteiger partial charge < -0.3 is 10.6 Å². The molecule has 20 heavy (non-hydrogen) atoms. The van der Waals surface area contributed by atoms with E-state index in [1.807, 2.05) is 31.3 Å². The van der Waals surface area contributed by atoms with Crippen LogP contribution in [-0.2, 0) is 17.8 Å². The molecule has 5 nitrogen and oxygen atoms in total. The molecule has 2 aromatic rings. The Morgan fingerprint density at radius 2 is 2.10 bits per heavy atom. The average molecular weight is 268 g/mol. The first-order valence-corrected chi connectivity index (χ1v) is 6.66. The van der Waals surface area contributed by atoms with E-state index in [-0.39, 0.29) is 5.91 Å². The fourth-order valence-electron chi connectivity index (χ4n) is 2.33. The van der Waals surface area contributed by atoms with Crippen molar-refractivity contribution in [2.24, 2.45) is 0 Å². The average Bonchev–Trinajstić information content (AvgIpc) is 2.48. The van der Waals surface area contributed by atoms with E-state index in [1.165, 1.54) is 0 Å². The monoisotopic (exact) mass is 268 g/mol. The number of aryl methyl sites for hydroxylation is 1. The van der Waals surface area contributed by atoms with Crippen LogP contribution in [0.2, 0.25) is 0 Å². The van der Waals surface area contributed by atoms with E-state index in [1.54, 1.807) is 0 Å². The van der Waals surface area contributed by atoms with Gasteiger partial charge in [-0.15, -0.1) is 0 Å². The molecule has 1 amide bonds. The van der Waals surface area contributed by atoms with Gasteiger partial charge in [-0.05, 0) is 43.3 Å². The van der Waals surface area contributed by atoms with Crippen LogP contribution in [0.3, 0.4) is 0 Å². The molecule has 102 valence electrons. The van der Waals surface area contributed by atoms with Crippen molar-refractivity contribution in [1.29, 1.82) is 0 Å². The lowest BCUT2D eigenvalue weighted by molar-refractivity contribution is -0.116. The molecule has 3 rings (SSSR count). The van der Waals surface area contributed by atoms with Gasteiger partial charge in [0.05, 0.1) is 11.4 Å². The van der Waals surface area contributed by atoms with Crippen molar-refractivity contribution in [3.8, 4) is 11.3 Å². The third-order valence-corrected chi connectivity index (χ3v) is 3.37. The van der Waals surface area contributed by atoms with E-state index in [9.17, 15) is 4.79 Å². The Labute approximate surface area is 117 Å². The number of carbonyl (C=O) groups excluding carboxylic acids is 1. The second-order valence-electron chi connectivity index (χ2n) is 4.86. The van der Waals surface area contributed by atoms with Crippen LogP contribution in [0.5, 0.6) is 0 Å². The maximum absolute atomic E-state index is 11.3. The van der Waals surface area contributed by atoms with E-state index < -0.39 is 0 Å². The zero-order chi connectivity index (χ0) is 13.9. The van der Waals surface area contributed by atoms with Crippen LogP contribution in [0, 0.1) is 0 Å². The van der Waals surface area contributed by atoms with Crippen LogP contribution in [0.4, 0.5) is 5.69 Å². The minimum absolute atomic E-state index is 0.0847. The van der Waals surface area contributed by atoms with Crippen molar-refractivity contribution >= 4 is 11.6 Å². The highest BCUT2D eigenvalue weighted by Gasteiger charge is 2.15. The predicted molar refractivity (Wildman–Crippen MR) is 77.2 cm³/mol. The standard InChI is InChI=1S/C15H16N4O/c1-16-9-12-4-6-14(19-18-12)11-2-5-13-10(8-11)3-7-15(20)17-13/h2,4-6,8,16H,3,7,9H2,1H3,(H,17,20). The Morgan fingerprint density at radius 1 is 1.20 bits per heavy atom. The number of nitrogens with zero attached hydrogens (tertiary/aromatic N) is 2. The van der Waals surface area contributed by atoms with Gasteiger partial charge in [0, 0.05) is 24.2 Å². The highest BCUT2D eigenvalue weighted by Crippen LogP contribution is 2.27. The van der Waals surface area contributed by atoms with Crippen molar-refractivity contribution in [3.63, 3.8) is 0 Å². The number of benzene rings is 1.